The number of carbonyl (C=O) groups excluding carboxylic acids is 2. The second-order valence-corrected chi connectivity index (χ2v) is 3.47. The molecular formula is C9H13F5N2O2. The van der Waals surface area contributed by atoms with Gasteiger partial charge in [0, 0.05) is 13.6 Å². The SMILES string of the molecule is CCCN(CC(=O)NC)C(=O)C(F)(F)C(F)(F)F. The largest absolute Gasteiger partial charge is 0.463 e. The van der Waals surface area contributed by atoms with Gasteiger partial charge in [0.15, 0.2) is 0 Å². The van der Waals surface area contributed by atoms with Gasteiger partial charge in [-0.15, -0.1) is 0 Å². The number of hydrogen-bond acceptors (Lipinski definition) is 2. The smallest absolute Gasteiger partial charge is 0.358 e. The van der Waals surface area contributed by atoms with Gasteiger partial charge in [0.05, 0.1) is 6.54 Å². The van der Waals surface area contributed by atoms with Gasteiger partial charge in [0.25, 0.3) is 0 Å². The van der Waals surface area contributed by atoms with E-state index in [2.05, 4.69) is 0 Å². The van der Waals surface area contributed by atoms with Crippen molar-refractivity contribution in [2.75, 3.05) is 20.1 Å². The average molecular weight is 276 g/mol. The Kier molecular flexibility index (Phi) is 5.50. The normalized spacial score (nSPS) is 12.2. The van der Waals surface area contributed by atoms with E-state index in [9.17, 15) is 31.5 Å². The first kappa shape index (κ1) is 16.6. The molecule has 0 saturated heterocycles. The first-order valence-electron chi connectivity index (χ1n) is 5.02. The van der Waals surface area contributed by atoms with Crippen LogP contribution in [0.4, 0.5) is 22.0 Å². The summed E-state index contributed by atoms with van der Waals surface area (Å²) >= 11 is 0. The topological polar surface area (TPSA) is 49.4 Å². The van der Waals surface area contributed by atoms with Gasteiger partial charge >= 0.3 is 18.0 Å². The van der Waals surface area contributed by atoms with E-state index in [1.807, 2.05) is 5.32 Å². The van der Waals surface area contributed by atoms with Crippen LogP contribution in [0.1, 0.15) is 13.3 Å². The molecule has 0 aliphatic rings. The molecule has 0 aliphatic heterocycles. The van der Waals surface area contributed by atoms with Crippen LogP contribution in [0.25, 0.3) is 0 Å². The van der Waals surface area contributed by atoms with Gasteiger partial charge in [-0.1, -0.05) is 6.92 Å². The van der Waals surface area contributed by atoms with Crippen LogP contribution in [-0.2, 0) is 9.59 Å². The molecule has 0 aromatic rings. The molecule has 0 aliphatic carbocycles. The molecule has 0 spiro atoms. The number of nitrogens with zero attached hydrogens (tertiary/aromatic N) is 1. The molecule has 0 bridgehead atoms. The Bertz CT molecular complexity index is 317. The Balaban J connectivity index is 5.02. The maximum Gasteiger partial charge on any atom is 0.463 e. The van der Waals surface area contributed by atoms with Gasteiger partial charge in [0.2, 0.25) is 5.91 Å². The van der Waals surface area contributed by atoms with Crippen molar-refractivity contribution in [2.45, 2.75) is 25.4 Å². The molecule has 106 valence electrons. The van der Waals surface area contributed by atoms with E-state index < -0.39 is 30.5 Å². The van der Waals surface area contributed by atoms with Crippen LogP contribution in [0, 0.1) is 0 Å². The van der Waals surface area contributed by atoms with Crippen molar-refractivity contribution >= 4 is 11.8 Å². The Labute approximate surface area is 100 Å². The first-order valence-corrected chi connectivity index (χ1v) is 5.02. The van der Waals surface area contributed by atoms with Crippen molar-refractivity contribution in [1.29, 1.82) is 0 Å². The summed E-state index contributed by atoms with van der Waals surface area (Å²) in [6.07, 6.45) is -5.82. The number of alkyl halides is 5. The number of likely N-dealkylation sites (N-methyl/N-ethyl adjacent to an activating group) is 1. The van der Waals surface area contributed by atoms with Gasteiger partial charge in [-0.25, -0.2) is 0 Å². The lowest BCUT2D eigenvalue weighted by Crippen LogP contribution is -2.54. The molecule has 2 amide bonds. The molecule has 0 atom stereocenters. The number of carbonyl (C=O) groups is 2. The van der Waals surface area contributed by atoms with Crippen LogP contribution >= 0.6 is 0 Å². The Morgan fingerprint density at radius 3 is 2.00 bits per heavy atom. The third-order valence-corrected chi connectivity index (χ3v) is 2.02. The van der Waals surface area contributed by atoms with Gasteiger partial charge in [-0.05, 0) is 6.42 Å². The fraction of sp³-hybridized carbons (Fsp3) is 0.778. The highest BCUT2D eigenvalue weighted by Crippen LogP contribution is 2.36. The van der Waals surface area contributed by atoms with Crippen LogP contribution < -0.4 is 5.32 Å². The van der Waals surface area contributed by atoms with E-state index in [1.54, 1.807) is 0 Å². The quantitative estimate of drug-likeness (QED) is 0.766. The summed E-state index contributed by atoms with van der Waals surface area (Å²) in [4.78, 5) is 22.3. The van der Waals surface area contributed by atoms with Crippen molar-refractivity contribution < 1.29 is 31.5 Å². The maximum absolute atomic E-state index is 12.8. The number of rotatable bonds is 5. The molecule has 0 unspecified atom stereocenters. The van der Waals surface area contributed by atoms with E-state index in [4.69, 9.17) is 0 Å². The average Bonchev–Trinajstić information content (AvgIpc) is 2.25. The summed E-state index contributed by atoms with van der Waals surface area (Å²) < 4.78 is 61.6. The summed E-state index contributed by atoms with van der Waals surface area (Å²) in [5, 5.41) is 2.04. The standard InChI is InChI=1S/C9H13F5N2O2/c1-3-4-16(5-6(17)15-2)7(18)8(10,11)9(12,13)14/h3-5H2,1-2H3,(H,15,17). The number of hydrogen-bond donors (Lipinski definition) is 1. The van der Waals surface area contributed by atoms with Crippen LogP contribution in [0.5, 0.6) is 0 Å². The zero-order valence-electron chi connectivity index (χ0n) is 9.77. The van der Waals surface area contributed by atoms with E-state index in [-0.39, 0.29) is 17.9 Å². The first-order chi connectivity index (χ1) is 8.07. The Hall–Kier alpha value is -1.41. The predicted molar refractivity (Wildman–Crippen MR) is 51.9 cm³/mol. The zero-order chi connectivity index (χ0) is 14.6. The lowest BCUT2D eigenvalue weighted by molar-refractivity contribution is -0.274. The molecule has 0 aromatic carbocycles. The molecule has 0 heterocycles. The number of amides is 2. The minimum Gasteiger partial charge on any atom is -0.358 e. The van der Waals surface area contributed by atoms with E-state index in [1.165, 1.54) is 14.0 Å². The van der Waals surface area contributed by atoms with E-state index in [0.717, 1.165) is 0 Å². The van der Waals surface area contributed by atoms with Crippen LogP contribution in [0.3, 0.4) is 0 Å². The molecule has 4 nitrogen and oxygen atoms in total. The minimum absolute atomic E-state index is 0.149. The van der Waals surface area contributed by atoms with Crippen LogP contribution in [0.15, 0.2) is 0 Å². The van der Waals surface area contributed by atoms with Crippen LogP contribution in [-0.4, -0.2) is 49.0 Å². The van der Waals surface area contributed by atoms with Crippen molar-refractivity contribution in [3.8, 4) is 0 Å². The van der Waals surface area contributed by atoms with E-state index in [0.29, 0.717) is 0 Å². The lowest BCUT2D eigenvalue weighted by atomic mass is 10.2. The fourth-order valence-corrected chi connectivity index (χ4v) is 1.09. The van der Waals surface area contributed by atoms with Crippen molar-refractivity contribution in [1.82, 2.24) is 10.2 Å². The maximum atomic E-state index is 12.8. The summed E-state index contributed by atoms with van der Waals surface area (Å²) in [6, 6.07) is 0. The summed E-state index contributed by atoms with van der Waals surface area (Å²) in [5.41, 5.74) is 0. The van der Waals surface area contributed by atoms with Gasteiger partial charge in [-0.2, -0.15) is 22.0 Å². The highest BCUT2D eigenvalue weighted by Gasteiger charge is 2.64. The third kappa shape index (κ3) is 3.81. The van der Waals surface area contributed by atoms with Gasteiger partial charge in [0.1, 0.15) is 0 Å². The highest BCUT2D eigenvalue weighted by molar-refractivity contribution is 5.89. The third-order valence-electron chi connectivity index (χ3n) is 2.02. The van der Waals surface area contributed by atoms with Gasteiger partial charge < -0.3 is 10.2 Å². The molecule has 0 saturated carbocycles. The zero-order valence-corrected chi connectivity index (χ0v) is 9.77. The van der Waals surface area contributed by atoms with Crippen molar-refractivity contribution in [2.24, 2.45) is 0 Å². The summed E-state index contributed by atoms with van der Waals surface area (Å²) in [7, 11) is 1.18. The van der Waals surface area contributed by atoms with Gasteiger partial charge in [-0.3, -0.25) is 9.59 Å². The highest BCUT2D eigenvalue weighted by atomic mass is 19.4. The van der Waals surface area contributed by atoms with E-state index >= 15 is 0 Å². The fourth-order valence-electron chi connectivity index (χ4n) is 1.09. The second-order valence-electron chi connectivity index (χ2n) is 3.47. The molecule has 9 heteroatoms. The van der Waals surface area contributed by atoms with Crippen molar-refractivity contribution in [3.63, 3.8) is 0 Å². The molecule has 0 radical (unpaired) electrons. The Morgan fingerprint density at radius 2 is 1.67 bits per heavy atom. The Morgan fingerprint density at radius 1 is 1.17 bits per heavy atom. The monoisotopic (exact) mass is 276 g/mol. The summed E-state index contributed by atoms with van der Waals surface area (Å²) in [6.45, 7) is 0.280. The molecule has 0 rings (SSSR count). The molecular weight excluding hydrogens is 263 g/mol. The number of halogens is 5. The molecule has 18 heavy (non-hydrogen) atoms. The molecule has 1 N–H and O–H groups in total. The predicted octanol–water partition coefficient (Wildman–Crippen LogP) is 1.17. The second kappa shape index (κ2) is 5.96. The number of nitrogens with one attached hydrogen (secondary N) is 1. The molecule has 0 aromatic heterocycles. The summed E-state index contributed by atoms with van der Waals surface area (Å²) in [5.74, 6) is -8.73. The lowest BCUT2D eigenvalue weighted by Gasteiger charge is -2.27. The minimum atomic E-state index is -5.97. The van der Waals surface area contributed by atoms with Crippen LogP contribution in [0.2, 0.25) is 0 Å². The molecule has 0 fully saturated rings. The van der Waals surface area contributed by atoms with Crippen molar-refractivity contribution in [3.05, 3.63) is 0 Å².